The van der Waals surface area contributed by atoms with Crippen LogP contribution in [0.25, 0.3) is 10.2 Å². The predicted octanol–water partition coefficient (Wildman–Crippen LogP) is 6.55. The van der Waals surface area contributed by atoms with Gasteiger partial charge in [-0.1, -0.05) is 58.6 Å². The number of hydrogen-bond acceptors (Lipinski definition) is 5. The summed E-state index contributed by atoms with van der Waals surface area (Å²) in [6, 6.07) is 6.27. The Bertz CT molecular complexity index is 1040. The first-order valence-electron chi connectivity index (χ1n) is 13.1. The molecular formula is C29H40N2O3S. The summed E-state index contributed by atoms with van der Waals surface area (Å²) in [5, 5.41) is 4.11. The van der Waals surface area contributed by atoms with Crippen molar-refractivity contribution in [2.45, 2.75) is 96.9 Å². The minimum atomic E-state index is -0.457. The van der Waals surface area contributed by atoms with Crippen molar-refractivity contribution in [3.63, 3.8) is 0 Å². The molecule has 0 spiro atoms. The monoisotopic (exact) mass is 496 g/mol. The van der Waals surface area contributed by atoms with Gasteiger partial charge >= 0.3 is 0 Å². The zero-order chi connectivity index (χ0) is 25.4. The zero-order valence-electron chi connectivity index (χ0n) is 21.5. The van der Waals surface area contributed by atoms with E-state index in [2.05, 4.69) is 37.9 Å². The number of amides is 1. The summed E-state index contributed by atoms with van der Waals surface area (Å²) in [6.07, 6.45) is 10.0. The number of allylic oxidation sites excluding steroid dienone is 1. The number of nitrogens with one attached hydrogen (secondary N) is 1. The Labute approximate surface area is 213 Å². The maximum absolute atomic E-state index is 13.4. The number of aromatic nitrogens is 1. The second kappa shape index (κ2) is 13.1. The van der Waals surface area contributed by atoms with Crippen molar-refractivity contribution < 1.29 is 14.4 Å². The van der Waals surface area contributed by atoms with E-state index in [-0.39, 0.29) is 29.9 Å². The van der Waals surface area contributed by atoms with E-state index in [1.54, 1.807) is 11.3 Å². The van der Waals surface area contributed by atoms with Crippen LogP contribution in [0.2, 0.25) is 0 Å². The van der Waals surface area contributed by atoms with Crippen LogP contribution >= 0.6 is 11.3 Å². The van der Waals surface area contributed by atoms with Gasteiger partial charge < -0.3 is 10.1 Å². The molecule has 1 N–H and O–H groups in total. The highest BCUT2D eigenvalue weighted by Crippen LogP contribution is 2.30. The maximum Gasteiger partial charge on any atom is 0.224 e. The molecular weight excluding hydrogens is 456 g/mol. The summed E-state index contributed by atoms with van der Waals surface area (Å²) in [5.74, 6) is 0.465. The molecule has 2 atom stereocenters. The molecule has 0 saturated heterocycles. The number of carbonyl (C=O) groups excluding carboxylic acids is 3. The fraction of sp³-hybridized carbons (Fsp3) is 0.586. The Morgan fingerprint density at radius 2 is 1.94 bits per heavy atom. The van der Waals surface area contributed by atoms with E-state index in [1.165, 1.54) is 50.7 Å². The molecule has 1 fully saturated rings. The van der Waals surface area contributed by atoms with Crippen LogP contribution in [0.4, 0.5) is 0 Å². The van der Waals surface area contributed by atoms with Crippen LogP contribution in [0, 0.1) is 11.8 Å². The number of rotatable bonds is 13. The molecule has 3 rings (SSSR count). The largest absolute Gasteiger partial charge is 0.353 e. The molecule has 6 heteroatoms. The Balaban J connectivity index is 1.73. The fourth-order valence-electron chi connectivity index (χ4n) is 5.06. The SMILES string of the molecule is C=CC(=O)CC[C@H](CC1CCCCC1)NC(=O)[C@@H](CC(C)=O)Cc1nc2ccc(C(C)C)cc2s1. The van der Waals surface area contributed by atoms with Crippen LogP contribution in [0.15, 0.2) is 30.9 Å². The van der Waals surface area contributed by atoms with E-state index >= 15 is 0 Å². The summed E-state index contributed by atoms with van der Waals surface area (Å²) in [6.45, 7) is 9.45. The van der Waals surface area contributed by atoms with Crippen LogP contribution < -0.4 is 5.32 Å². The number of thiazole rings is 1. The third-order valence-corrected chi connectivity index (χ3v) is 8.15. The number of ketones is 2. The average Bonchev–Trinajstić information content (AvgIpc) is 3.23. The molecule has 1 amide bonds. The Hall–Kier alpha value is -2.34. The lowest BCUT2D eigenvalue weighted by Crippen LogP contribution is -2.41. The van der Waals surface area contributed by atoms with Gasteiger partial charge in [0, 0.05) is 25.3 Å². The third-order valence-electron chi connectivity index (χ3n) is 7.10. The number of carbonyl (C=O) groups is 3. The fourth-order valence-corrected chi connectivity index (χ4v) is 6.16. The van der Waals surface area contributed by atoms with Crippen molar-refractivity contribution in [1.29, 1.82) is 0 Å². The van der Waals surface area contributed by atoms with Gasteiger partial charge in [-0.25, -0.2) is 4.98 Å². The van der Waals surface area contributed by atoms with Gasteiger partial charge in [0.25, 0.3) is 0 Å². The van der Waals surface area contributed by atoms with Crippen molar-refractivity contribution in [3.8, 4) is 0 Å². The molecule has 1 aromatic heterocycles. The van der Waals surface area contributed by atoms with E-state index in [9.17, 15) is 14.4 Å². The van der Waals surface area contributed by atoms with Crippen molar-refractivity contribution in [1.82, 2.24) is 10.3 Å². The molecule has 0 unspecified atom stereocenters. The predicted molar refractivity (Wildman–Crippen MR) is 144 cm³/mol. The van der Waals surface area contributed by atoms with Crippen molar-refractivity contribution in [3.05, 3.63) is 41.4 Å². The van der Waals surface area contributed by atoms with Gasteiger partial charge in [-0.15, -0.1) is 11.3 Å². The van der Waals surface area contributed by atoms with Gasteiger partial charge in [-0.2, -0.15) is 0 Å². The molecule has 1 aliphatic carbocycles. The van der Waals surface area contributed by atoms with Gasteiger partial charge in [0.2, 0.25) is 5.91 Å². The molecule has 0 aliphatic heterocycles. The average molecular weight is 497 g/mol. The quantitative estimate of drug-likeness (QED) is 0.319. The highest BCUT2D eigenvalue weighted by molar-refractivity contribution is 7.18. The van der Waals surface area contributed by atoms with Crippen LogP contribution in [-0.4, -0.2) is 28.5 Å². The van der Waals surface area contributed by atoms with Gasteiger partial charge in [0.05, 0.1) is 21.1 Å². The summed E-state index contributed by atoms with van der Waals surface area (Å²) in [5.41, 5.74) is 2.21. The first-order chi connectivity index (χ1) is 16.7. The molecule has 1 saturated carbocycles. The van der Waals surface area contributed by atoms with Gasteiger partial charge in [0.1, 0.15) is 5.78 Å². The van der Waals surface area contributed by atoms with Gasteiger partial charge in [0.15, 0.2) is 5.78 Å². The zero-order valence-corrected chi connectivity index (χ0v) is 22.3. The van der Waals surface area contributed by atoms with E-state index in [0.29, 0.717) is 31.1 Å². The summed E-state index contributed by atoms with van der Waals surface area (Å²) in [4.78, 5) is 42.1. The number of hydrogen-bond donors (Lipinski definition) is 1. The lowest BCUT2D eigenvalue weighted by atomic mass is 9.83. The van der Waals surface area contributed by atoms with Crippen LogP contribution in [0.1, 0.15) is 95.0 Å². The molecule has 1 aromatic carbocycles. The normalized spacial score (nSPS) is 16.2. The summed E-state index contributed by atoms with van der Waals surface area (Å²) in [7, 11) is 0. The Kier molecular flexibility index (Phi) is 10.2. The molecule has 0 bridgehead atoms. The molecule has 0 radical (unpaired) electrons. The van der Waals surface area contributed by atoms with E-state index < -0.39 is 5.92 Å². The van der Waals surface area contributed by atoms with E-state index in [4.69, 9.17) is 4.98 Å². The van der Waals surface area contributed by atoms with Crippen LogP contribution in [0.5, 0.6) is 0 Å². The molecule has 1 heterocycles. The van der Waals surface area contributed by atoms with Crippen LogP contribution in [-0.2, 0) is 20.8 Å². The van der Waals surface area contributed by atoms with Gasteiger partial charge in [-0.3, -0.25) is 9.59 Å². The first kappa shape index (κ1) is 27.3. The lowest BCUT2D eigenvalue weighted by Gasteiger charge is -2.28. The topological polar surface area (TPSA) is 76.1 Å². The Morgan fingerprint density at radius 3 is 2.60 bits per heavy atom. The smallest absolute Gasteiger partial charge is 0.224 e. The third kappa shape index (κ3) is 8.38. The number of Topliss-reactive ketones (excluding diaryl/α,β-unsaturated/α-hetero) is 1. The highest BCUT2D eigenvalue weighted by atomic mass is 32.1. The second-order valence-electron chi connectivity index (χ2n) is 10.5. The lowest BCUT2D eigenvalue weighted by molar-refractivity contribution is -0.129. The number of benzene rings is 1. The minimum Gasteiger partial charge on any atom is -0.353 e. The number of nitrogens with zero attached hydrogens (tertiary/aromatic N) is 1. The first-order valence-corrected chi connectivity index (χ1v) is 13.9. The highest BCUT2D eigenvalue weighted by Gasteiger charge is 2.27. The molecule has 2 aromatic rings. The standard InChI is InChI=1S/C29H40N2O3S/c1-5-25(33)13-12-24(16-21-9-7-6-8-10-21)30-29(34)23(15-20(4)32)18-28-31-26-14-11-22(19(2)3)17-27(26)35-28/h5,11,14,17,19,21,23-24H,1,6-10,12-13,15-16,18H2,2-4H3,(H,30,34)/t23-,24+/m0/s1. The number of fused-ring (bicyclic) bond motifs is 1. The Morgan fingerprint density at radius 1 is 1.20 bits per heavy atom. The molecule has 190 valence electrons. The van der Waals surface area contributed by atoms with Crippen molar-refractivity contribution >= 4 is 39.0 Å². The molecule has 5 nitrogen and oxygen atoms in total. The summed E-state index contributed by atoms with van der Waals surface area (Å²) >= 11 is 1.61. The minimum absolute atomic E-state index is 0.000907. The van der Waals surface area contributed by atoms with Crippen molar-refractivity contribution in [2.24, 2.45) is 11.8 Å². The van der Waals surface area contributed by atoms with Gasteiger partial charge in [-0.05, 0) is 55.4 Å². The molecule has 1 aliphatic rings. The van der Waals surface area contributed by atoms with E-state index in [0.717, 1.165) is 21.6 Å². The maximum atomic E-state index is 13.4. The molecule has 35 heavy (non-hydrogen) atoms. The second-order valence-corrected chi connectivity index (χ2v) is 11.6. The van der Waals surface area contributed by atoms with Crippen molar-refractivity contribution in [2.75, 3.05) is 0 Å². The summed E-state index contributed by atoms with van der Waals surface area (Å²) < 4.78 is 1.12. The van der Waals surface area contributed by atoms with E-state index in [1.807, 2.05) is 6.07 Å². The van der Waals surface area contributed by atoms with Crippen LogP contribution in [0.3, 0.4) is 0 Å².